The molecule has 0 radical (unpaired) electrons. The summed E-state index contributed by atoms with van der Waals surface area (Å²) in [5.41, 5.74) is 2.38. The van der Waals surface area contributed by atoms with Crippen LogP contribution in [-0.2, 0) is 0 Å². The van der Waals surface area contributed by atoms with Crippen LogP contribution in [0.3, 0.4) is 0 Å². The molecule has 3 aromatic rings. The van der Waals surface area contributed by atoms with Crippen LogP contribution in [-0.4, -0.2) is 60.3 Å². The van der Waals surface area contributed by atoms with Crippen LogP contribution in [0.2, 0.25) is 0 Å². The van der Waals surface area contributed by atoms with Crippen LogP contribution in [0.15, 0.2) is 52.9 Å². The second kappa shape index (κ2) is 8.96. The van der Waals surface area contributed by atoms with Gasteiger partial charge in [0.2, 0.25) is 0 Å². The van der Waals surface area contributed by atoms with E-state index in [4.69, 9.17) is 4.42 Å². The van der Waals surface area contributed by atoms with Crippen molar-refractivity contribution in [2.75, 3.05) is 44.2 Å². The first-order valence-electron chi connectivity index (χ1n) is 10.1. The van der Waals surface area contributed by atoms with E-state index < -0.39 is 0 Å². The zero-order valence-corrected chi connectivity index (χ0v) is 16.7. The third-order valence-corrected chi connectivity index (χ3v) is 5.25. The van der Waals surface area contributed by atoms with Gasteiger partial charge in [-0.1, -0.05) is 18.2 Å². The van der Waals surface area contributed by atoms with E-state index in [1.165, 1.54) is 5.69 Å². The lowest BCUT2D eigenvalue weighted by atomic mass is 10.2. The summed E-state index contributed by atoms with van der Waals surface area (Å²) in [4.78, 5) is 17.2. The van der Waals surface area contributed by atoms with Gasteiger partial charge in [0, 0.05) is 44.5 Å². The number of piperazine rings is 1. The molecule has 2 N–H and O–H groups in total. The first-order valence-corrected chi connectivity index (χ1v) is 10.1. The number of furan rings is 1. The van der Waals surface area contributed by atoms with Crippen molar-refractivity contribution in [2.45, 2.75) is 13.3 Å². The lowest BCUT2D eigenvalue weighted by molar-refractivity contribution is 0.0946. The number of hydrogen-bond donors (Lipinski definition) is 2. The van der Waals surface area contributed by atoms with Crippen LogP contribution in [0.25, 0.3) is 11.5 Å². The lowest BCUT2D eigenvalue weighted by Gasteiger charge is -2.36. The molecule has 0 spiro atoms. The molecule has 1 aliphatic heterocycles. The Morgan fingerprint density at radius 2 is 1.93 bits per heavy atom. The minimum absolute atomic E-state index is 0.162. The molecule has 7 heteroatoms. The SMILES string of the molecule is Cc1ccc(-c2cc(C(=O)NCCCN3CCN(c4ccccc4)CC3)n[nH]2)o1. The summed E-state index contributed by atoms with van der Waals surface area (Å²) in [6.45, 7) is 7.69. The maximum Gasteiger partial charge on any atom is 0.271 e. The van der Waals surface area contributed by atoms with Gasteiger partial charge in [0.1, 0.15) is 11.5 Å². The largest absolute Gasteiger partial charge is 0.460 e. The minimum atomic E-state index is -0.162. The molecule has 4 rings (SSSR count). The number of aromatic amines is 1. The predicted molar refractivity (Wildman–Crippen MR) is 113 cm³/mol. The lowest BCUT2D eigenvalue weighted by Crippen LogP contribution is -2.47. The van der Waals surface area contributed by atoms with Gasteiger partial charge in [0.15, 0.2) is 11.5 Å². The molecule has 3 heterocycles. The van der Waals surface area contributed by atoms with E-state index in [-0.39, 0.29) is 5.91 Å². The number of carbonyl (C=O) groups is 1. The fourth-order valence-electron chi connectivity index (χ4n) is 3.61. The first-order chi connectivity index (χ1) is 14.2. The van der Waals surface area contributed by atoms with Crippen LogP contribution >= 0.6 is 0 Å². The third kappa shape index (κ3) is 4.86. The van der Waals surface area contributed by atoms with Crippen molar-refractivity contribution < 1.29 is 9.21 Å². The first kappa shape index (κ1) is 19.3. The maximum absolute atomic E-state index is 12.3. The molecule has 7 nitrogen and oxygen atoms in total. The van der Waals surface area contributed by atoms with E-state index in [9.17, 15) is 4.79 Å². The van der Waals surface area contributed by atoms with Gasteiger partial charge in [-0.3, -0.25) is 14.8 Å². The zero-order valence-electron chi connectivity index (χ0n) is 16.7. The summed E-state index contributed by atoms with van der Waals surface area (Å²) in [6, 6.07) is 16.0. The number of para-hydroxylation sites is 1. The highest BCUT2D eigenvalue weighted by atomic mass is 16.3. The Bertz CT molecular complexity index is 926. The Morgan fingerprint density at radius 1 is 1.14 bits per heavy atom. The van der Waals surface area contributed by atoms with Crippen LogP contribution in [0.5, 0.6) is 0 Å². The van der Waals surface area contributed by atoms with Crippen molar-refractivity contribution in [1.29, 1.82) is 0 Å². The van der Waals surface area contributed by atoms with E-state index >= 15 is 0 Å². The van der Waals surface area contributed by atoms with E-state index in [0.717, 1.165) is 44.9 Å². The van der Waals surface area contributed by atoms with E-state index in [1.807, 2.05) is 19.1 Å². The average Bonchev–Trinajstić information content (AvgIpc) is 3.41. The Hall–Kier alpha value is -3.06. The maximum atomic E-state index is 12.3. The molecule has 1 amide bonds. The molecule has 1 fully saturated rings. The predicted octanol–water partition coefficient (Wildman–Crippen LogP) is 2.92. The highest BCUT2D eigenvalue weighted by Crippen LogP contribution is 2.20. The van der Waals surface area contributed by atoms with E-state index in [2.05, 4.69) is 55.6 Å². The molecule has 1 saturated heterocycles. The molecule has 152 valence electrons. The van der Waals surface area contributed by atoms with Gasteiger partial charge in [0.05, 0.1) is 0 Å². The topological polar surface area (TPSA) is 77.4 Å². The van der Waals surface area contributed by atoms with Gasteiger partial charge < -0.3 is 14.6 Å². The third-order valence-electron chi connectivity index (χ3n) is 5.25. The van der Waals surface area contributed by atoms with Gasteiger partial charge in [-0.2, -0.15) is 5.10 Å². The summed E-state index contributed by atoms with van der Waals surface area (Å²) < 4.78 is 5.55. The molecular weight excluding hydrogens is 366 g/mol. The number of benzene rings is 1. The van der Waals surface area contributed by atoms with Crippen LogP contribution in [0.1, 0.15) is 22.7 Å². The normalized spacial score (nSPS) is 14.9. The minimum Gasteiger partial charge on any atom is -0.460 e. The number of rotatable bonds is 7. The average molecular weight is 393 g/mol. The molecule has 0 aliphatic carbocycles. The van der Waals surface area contributed by atoms with Gasteiger partial charge in [0.25, 0.3) is 5.91 Å². The molecule has 0 saturated carbocycles. The molecule has 0 unspecified atom stereocenters. The number of aryl methyl sites for hydroxylation is 1. The summed E-state index contributed by atoms with van der Waals surface area (Å²) in [5.74, 6) is 1.35. The van der Waals surface area contributed by atoms with E-state index in [1.54, 1.807) is 6.07 Å². The molecule has 0 atom stereocenters. The van der Waals surface area contributed by atoms with Crippen molar-refractivity contribution in [3.63, 3.8) is 0 Å². The van der Waals surface area contributed by atoms with Crippen LogP contribution in [0, 0.1) is 6.92 Å². The Balaban J connectivity index is 1.17. The zero-order chi connectivity index (χ0) is 20.1. The Morgan fingerprint density at radius 3 is 2.66 bits per heavy atom. The fourth-order valence-corrected chi connectivity index (χ4v) is 3.61. The number of nitrogens with zero attached hydrogens (tertiary/aromatic N) is 3. The summed E-state index contributed by atoms with van der Waals surface area (Å²) in [7, 11) is 0. The number of H-pyrrole nitrogens is 1. The van der Waals surface area contributed by atoms with Crippen molar-refractivity contribution in [1.82, 2.24) is 20.4 Å². The molecule has 0 bridgehead atoms. The summed E-state index contributed by atoms with van der Waals surface area (Å²) >= 11 is 0. The number of hydrogen-bond acceptors (Lipinski definition) is 5. The van der Waals surface area contributed by atoms with Crippen molar-refractivity contribution in [2.24, 2.45) is 0 Å². The number of anilines is 1. The quantitative estimate of drug-likeness (QED) is 0.604. The van der Waals surface area contributed by atoms with Crippen molar-refractivity contribution >= 4 is 11.6 Å². The Labute approximate surface area is 170 Å². The second-order valence-corrected chi connectivity index (χ2v) is 7.35. The number of nitrogens with one attached hydrogen (secondary N) is 2. The van der Waals surface area contributed by atoms with Crippen LogP contribution < -0.4 is 10.2 Å². The smallest absolute Gasteiger partial charge is 0.271 e. The van der Waals surface area contributed by atoms with Gasteiger partial charge in [-0.15, -0.1) is 0 Å². The number of carbonyl (C=O) groups excluding carboxylic acids is 1. The van der Waals surface area contributed by atoms with Gasteiger partial charge in [-0.25, -0.2) is 0 Å². The van der Waals surface area contributed by atoms with Crippen LogP contribution in [0.4, 0.5) is 5.69 Å². The molecule has 1 aromatic carbocycles. The number of aromatic nitrogens is 2. The van der Waals surface area contributed by atoms with Gasteiger partial charge >= 0.3 is 0 Å². The molecular formula is C22H27N5O2. The van der Waals surface area contributed by atoms with E-state index in [0.29, 0.717) is 23.7 Å². The highest BCUT2D eigenvalue weighted by molar-refractivity contribution is 5.93. The standard InChI is InChI=1S/C22H27N5O2/c1-17-8-9-21(29-17)19-16-20(25-24-19)22(28)23-10-5-11-26-12-14-27(15-13-26)18-6-3-2-4-7-18/h2-4,6-9,16H,5,10-15H2,1H3,(H,23,28)(H,24,25). The second-order valence-electron chi connectivity index (χ2n) is 7.35. The van der Waals surface area contributed by atoms with Crippen molar-refractivity contribution in [3.05, 3.63) is 60.0 Å². The molecule has 1 aliphatic rings. The van der Waals surface area contributed by atoms with Crippen molar-refractivity contribution in [3.8, 4) is 11.5 Å². The summed E-state index contributed by atoms with van der Waals surface area (Å²) in [5, 5.41) is 9.91. The van der Waals surface area contributed by atoms with Gasteiger partial charge in [-0.05, 0) is 44.2 Å². The molecule has 29 heavy (non-hydrogen) atoms. The highest BCUT2D eigenvalue weighted by Gasteiger charge is 2.17. The Kier molecular flexibility index (Phi) is 5.95. The number of amides is 1. The fraction of sp³-hybridized carbons (Fsp3) is 0.364. The monoisotopic (exact) mass is 393 g/mol. The summed E-state index contributed by atoms with van der Waals surface area (Å²) in [6.07, 6.45) is 0.922. The molecule has 2 aromatic heterocycles.